The lowest BCUT2D eigenvalue weighted by Gasteiger charge is -2.44. The number of benzene rings is 1. The number of piperidine rings is 1. The number of carbonyl (C=O) groups excluding carboxylic acids is 1. The van der Waals surface area contributed by atoms with E-state index in [-0.39, 0.29) is 17.7 Å². The summed E-state index contributed by atoms with van der Waals surface area (Å²) in [5.74, 6) is 0.190. The molecule has 1 fully saturated rings. The predicted octanol–water partition coefficient (Wildman–Crippen LogP) is 3.79. The van der Waals surface area contributed by atoms with E-state index in [1.807, 2.05) is 24.3 Å². The molecule has 3 aliphatic rings. The van der Waals surface area contributed by atoms with Gasteiger partial charge in [0.1, 0.15) is 0 Å². The van der Waals surface area contributed by atoms with Crippen molar-refractivity contribution in [2.45, 2.75) is 18.9 Å². The van der Waals surface area contributed by atoms with Gasteiger partial charge in [-0.1, -0.05) is 54.7 Å². The van der Waals surface area contributed by atoms with Gasteiger partial charge in [-0.05, 0) is 25.0 Å². The molecular weight excluding hydrogens is 258 g/mol. The van der Waals surface area contributed by atoms with E-state index in [1.54, 1.807) is 0 Å². The molecule has 1 heterocycles. The van der Waals surface area contributed by atoms with Crippen LogP contribution >= 0.6 is 0 Å². The largest absolute Gasteiger partial charge is 0.333 e. The highest BCUT2D eigenvalue weighted by atomic mass is 16.1. The second-order valence-electron chi connectivity index (χ2n) is 5.64. The summed E-state index contributed by atoms with van der Waals surface area (Å²) in [4.78, 5) is 15.1. The van der Waals surface area contributed by atoms with Crippen LogP contribution in [0.3, 0.4) is 0 Å². The third kappa shape index (κ3) is 1.90. The molecule has 2 atom stereocenters. The maximum Gasteiger partial charge on any atom is 0.173 e. The summed E-state index contributed by atoms with van der Waals surface area (Å²) in [7, 11) is 0. The zero-order chi connectivity index (χ0) is 14.2. The van der Waals surface area contributed by atoms with Crippen LogP contribution < -0.4 is 4.90 Å². The lowest BCUT2D eigenvalue weighted by Crippen LogP contribution is -2.49. The highest BCUT2D eigenvalue weighted by molar-refractivity contribution is 6.06. The van der Waals surface area contributed by atoms with E-state index >= 15 is 0 Å². The molecule has 0 radical (unpaired) electrons. The highest BCUT2D eigenvalue weighted by Crippen LogP contribution is 2.40. The molecule has 0 saturated carbocycles. The molecule has 1 aromatic carbocycles. The van der Waals surface area contributed by atoms with Crippen molar-refractivity contribution in [1.82, 2.24) is 0 Å². The number of ketones is 1. The normalized spacial score (nSPS) is 26.9. The molecule has 2 unspecified atom stereocenters. The Morgan fingerprint density at radius 1 is 0.952 bits per heavy atom. The summed E-state index contributed by atoms with van der Waals surface area (Å²) in [6.45, 7) is 0. The van der Waals surface area contributed by atoms with Crippen molar-refractivity contribution in [3.63, 3.8) is 0 Å². The lowest BCUT2D eigenvalue weighted by molar-refractivity contribution is -0.118. The average Bonchev–Trinajstić information content (AvgIpc) is 2.56. The third-order valence-corrected chi connectivity index (χ3v) is 4.39. The van der Waals surface area contributed by atoms with E-state index in [2.05, 4.69) is 47.4 Å². The molecule has 4 rings (SSSR count). The number of carbonyl (C=O) groups is 1. The van der Waals surface area contributed by atoms with E-state index in [0.717, 1.165) is 29.8 Å². The fraction of sp³-hybridized carbons (Fsp3) is 0.211. The first-order chi connectivity index (χ1) is 10.4. The van der Waals surface area contributed by atoms with E-state index in [1.165, 1.54) is 0 Å². The van der Waals surface area contributed by atoms with E-state index in [9.17, 15) is 4.79 Å². The monoisotopic (exact) mass is 275 g/mol. The fourth-order valence-electron chi connectivity index (χ4n) is 3.44. The van der Waals surface area contributed by atoms with Crippen molar-refractivity contribution in [3.05, 3.63) is 78.1 Å². The fourth-order valence-corrected chi connectivity index (χ4v) is 3.44. The smallest absolute Gasteiger partial charge is 0.173 e. The van der Waals surface area contributed by atoms with Crippen molar-refractivity contribution in [1.29, 1.82) is 0 Å². The van der Waals surface area contributed by atoms with Gasteiger partial charge in [0, 0.05) is 17.0 Å². The Bertz CT molecular complexity index is 694. The maximum absolute atomic E-state index is 12.7. The van der Waals surface area contributed by atoms with Crippen LogP contribution in [0, 0.1) is 5.92 Å². The minimum absolute atomic E-state index is 0.0725. The van der Waals surface area contributed by atoms with Crippen LogP contribution in [0.25, 0.3) is 0 Å². The van der Waals surface area contributed by atoms with Gasteiger partial charge < -0.3 is 4.90 Å². The van der Waals surface area contributed by atoms with Crippen LogP contribution in [0.15, 0.2) is 78.1 Å². The van der Waals surface area contributed by atoms with E-state index < -0.39 is 0 Å². The first kappa shape index (κ1) is 12.4. The SMILES string of the molecule is O=C1C2=CCCC=C2N(c2ccccc2)C2C=CC=CC12. The predicted molar refractivity (Wildman–Crippen MR) is 84.9 cm³/mol. The molecule has 104 valence electrons. The van der Waals surface area contributed by atoms with Crippen molar-refractivity contribution in [2.75, 3.05) is 4.90 Å². The topological polar surface area (TPSA) is 20.3 Å². The van der Waals surface area contributed by atoms with E-state index in [4.69, 9.17) is 0 Å². The zero-order valence-corrected chi connectivity index (χ0v) is 11.8. The molecule has 1 aromatic rings. The van der Waals surface area contributed by atoms with Gasteiger partial charge in [0.15, 0.2) is 5.78 Å². The molecular formula is C19H17NO. The van der Waals surface area contributed by atoms with Crippen LogP contribution in [-0.2, 0) is 4.79 Å². The number of Topliss-reactive ketones (excluding diaryl/α,β-unsaturated/α-hetero) is 1. The van der Waals surface area contributed by atoms with Gasteiger partial charge in [-0.3, -0.25) is 4.79 Å². The summed E-state index contributed by atoms with van der Waals surface area (Å²) in [6.07, 6.45) is 14.5. The Kier molecular flexibility index (Phi) is 2.88. The Balaban J connectivity index is 1.87. The molecule has 0 bridgehead atoms. The molecule has 2 heteroatoms. The molecule has 0 spiro atoms. The van der Waals surface area contributed by atoms with Crippen molar-refractivity contribution < 1.29 is 4.79 Å². The Labute approximate surface area is 124 Å². The summed E-state index contributed by atoms with van der Waals surface area (Å²) < 4.78 is 0. The van der Waals surface area contributed by atoms with E-state index in [0.29, 0.717) is 0 Å². The first-order valence-electron chi connectivity index (χ1n) is 7.50. The minimum Gasteiger partial charge on any atom is -0.333 e. The van der Waals surface area contributed by atoms with Crippen molar-refractivity contribution >= 4 is 11.5 Å². The molecule has 0 aromatic heterocycles. The number of hydrogen-bond acceptors (Lipinski definition) is 2. The van der Waals surface area contributed by atoms with Gasteiger partial charge in [-0.2, -0.15) is 0 Å². The van der Waals surface area contributed by atoms with Gasteiger partial charge in [0.2, 0.25) is 0 Å². The summed E-state index contributed by atoms with van der Waals surface area (Å²) in [6, 6.07) is 10.5. The molecule has 2 nitrogen and oxygen atoms in total. The van der Waals surface area contributed by atoms with Crippen LogP contribution in [0.1, 0.15) is 12.8 Å². The number of allylic oxidation sites excluding steroid dienone is 5. The molecule has 1 aliphatic heterocycles. The lowest BCUT2D eigenvalue weighted by atomic mass is 9.79. The summed E-state index contributed by atoms with van der Waals surface area (Å²) in [5.41, 5.74) is 3.13. The average molecular weight is 275 g/mol. The molecule has 0 N–H and O–H groups in total. The van der Waals surface area contributed by atoms with Crippen LogP contribution in [0.4, 0.5) is 5.69 Å². The van der Waals surface area contributed by atoms with Gasteiger partial charge in [0.05, 0.1) is 12.0 Å². The first-order valence-corrected chi connectivity index (χ1v) is 7.50. The Morgan fingerprint density at radius 2 is 1.71 bits per heavy atom. The Morgan fingerprint density at radius 3 is 2.57 bits per heavy atom. The number of hydrogen-bond donors (Lipinski definition) is 0. The number of anilines is 1. The highest BCUT2D eigenvalue weighted by Gasteiger charge is 2.41. The summed E-state index contributed by atoms with van der Waals surface area (Å²) >= 11 is 0. The minimum atomic E-state index is -0.0725. The molecule has 0 amide bonds. The quantitative estimate of drug-likeness (QED) is 0.777. The Hall–Kier alpha value is -2.35. The van der Waals surface area contributed by atoms with Gasteiger partial charge >= 0.3 is 0 Å². The van der Waals surface area contributed by atoms with Crippen LogP contribution in [0.5, 0.6) is 0 Å². The van der Waals surface area contributed by atoms with Crippen LogP contribution in [-0.4, -0.2) is 11.8 Å². The van der Waals surface area contributed by atoms with Gasteiger partial charge in [-0.15, -0.1) is 0 Å². The standard InChI is InChI=1S/C19H17NO/c21-19-15-10-4-6-12-17(15)20(14-8-2-1-3-9-14)18-13-7-5-11-16(18)19/h1-4,6,8-13,15,17H,5,7H2. The number of fused-ring (bicyclic) bond motifs is 2. The second-order valence-corrected chi connectivity index (χ2v) is 5.64. The number of rotatable bonds is 1. The third-order valence-electron chi connectivity index (χ3n) is 4.39. The van der Waals surface area contributed by atoms with Gasteiger partial charge in [-0.25, -0.2) is 0 Å². The van der Waals surface area contributed by atoms with Crippen molar-refractivity contribution in [3.8, 4) is 0 Å². The van der Waals surface area contributed by atoms with Crippen molar-refractivity contribution in [2.24, 2.45) is 5.92 Å². The summed E-state index contributed by atoms with van der Waals surface area (Å²) in [5, 5.41) is 0. The van der Waals surface area contributed by atoms with Crippen LogP contribution in [0.2, 0.25) is 0 Å². The number of nitrogens with zero attached hydrogens (tertiary/aromatic N) is 1. The molecule has 2 aliphatic carbocycles. The maximum atomic E-state index is 12.7. The number of para-hydroxylation sites is 1. The van der Waals surface area contributed by atoms with Gasteiger partial charge in [0.25, 0.3) is 0 Å². The second kappa shape index (κ2) is 4.88. The molecule has 21 heavy (non-hydrogen) atoms. The zero-order valence-electron chi connectivity index (χ0n) is 11.8. The molecule has 1 saturated heterocycles.